The zero-order valence-electron chi connectivity index (χ0n) is 49.8. The van der Waals surface area contributed by atoms with Crippen LogP contribution in [0.3, 0.4) is 0 Å². The van der Waals surface area contributed by atoms with Gasteiger partial charge in [-0.1, -0.05) is 302 Å². The van der Waals surface area contributed by atoms with Gasteiger partial charge in [-0.2, -0.15) is 0 Å². The highest BCUT2D eigenvalue weighted by atomic mass is 16.7. The summed E-state index contributed by atoms with van der Waals surface area (Å²) in [6, 6.07) is -1.17. The monoisotopic (exact) mass is 1080 g/mol. The van der Waals surface area contributed by atoms with E-state index in [2.05, 4.69) is 31.3 Å². The molecule has 76 heavy (non-hydrogen) atoms. The van der Waals surface area contributed by atoms with Crippen molar-refractivity contribution in [3.8, 4) is 0 Å². The van der Waals surface area contributed by atoms with Gasteiger partial charge in [0.05, 0.1) is 25.4 Å². The second-order valence-electron chi connectivity index (χ2n) is 23.5. The molecule has 0 radical (unpaired) electrons. The predicted molar refractivity (Wildman–Crippen MR) is 316 cm³/mol. The number of ether oxygens (including phenoxy) is 2. The Bertz CT molecular complexity index is 1240. The number of nitrogens with one attached hydrogen (secondary N) is 1. The Morgan fingerprint density at radius 2 is 0.763 bits per heavy atom. The van der Waals surface area contributed by atoms with Crippen molar-refractivity contribution in [2.45, 2.75) is 384 Å². The number of amides is 1. The molecule has 0 aliphatic carbocycles. The minimum Gasteiger partial charge on any atom is -0.394 e. The second kappa shape index (κ2) is 54.4. The molecule has 9 atom stereocenters. The summed E-state index contributed by atoms with van der Waals surface area (Å²) < 4.78 is 11.2. The highest BCUT2D eigenvalue weighted by molar-refractivity contribution is 5.80. The van der Waals surface area contributed by atoms with Crippen molar-refractivity contribution in [2.75, 3.05) is 13.2 Å². The molecule has 452 valence electrons. The van der Waals surface area contributed by atoms with Crippen LogP contribution in [0.5, 0.6) is 0 Å². The Labute approximate surface area is 468 Å². The molecule has 1 amide bonds. The third-order valence-corrected chi connectivity index (χ3v) is 16.3. The molecule has 1 fully saturated rings. The van der Waals surface area contributed by atoms with E-state index in [1.807, 2.05) is 0 Å². The second-order valence-corrected chi connectivity index (χ2v) is 23.5. The van der Waals surface area contributed by atoms with E-state index >= 15 is 0 Å². The molecule has 1 rings (SSSR count). The summed E-state index contributed by atoms with van der Waals surface area (Å²) in [6.45, 7) is 3.50. The number of carbonyl (C=O) groups excluding carboxylic acids is 1. The van der Waals surface area contributed by atoms with Gasteiger partial charge in [0.2, 0.25) is 5.91 Å². The third kappa shape index (κ3) is 41.8. The molecule has 8 N–H and O–H groups in total. The number of allylic oxidation sites excluding steroid dienone is 2. The lowest BCUT2D eigenvalue weighted by atomic mass is 9.98. The van der Waals surface area contributed by atoms with Crippen LogP contribution >= 0.6 is 0 Å². The van der Waals surface area contributed by atoms with Crippen LogP contribution in [0, 0.1) is 0 Å². The van der Waals surface area contributed by atoms with Crippen LogP contribution in [-0.2, 0) is 14.3 Å². The Hall–Kier alpha value is -1.15. The van der Waals surface area contributed by atoms with E-state index in [0.29, 0.717) is 19.3 Å². The maximum atomic E-state index is 13.2. The fourth-order valence-corrected chi connectivity index (χ4v) is 11.0. The van der Waals surface area contributed by atoms with Crippen LogP contribution < -0.4 is 5.32 Å². The van der Waals surface area contributed by atoms with E-state index in [-0.39, 0.29) is 6.42 Å². The Morgan fingerprint density at radius 3 is 1.11 bits per heavy atom. The summed E-state index contributed by atoms with van der Waals surface area (Å²) in [5.41, 5.74) is 0. The molecule has 1 aliphatic heterocycles. The highest BCUT2D eigenvalue weighted by Crippen LogP contribution is 2.24. The molecular weight excluding hydrogens is 955 g/mol. The molecule has 1 heterocycles. The maximum absolute atomic E-state index is 13.2. The first-order valence-corrected chi connectivity index (χ1v) is 33.1. The van der Waals surface area contributed by atoms with Crippen LogP contribution in [0.4, 0.5) is 0 Å². The molecule has 1 aliphatic rings. The topological polar surface area (TPSA) is 189 Å². The normalized spacial score (nSPS) is 19.6. The molecule has 9 unspecified atom stereocenters. The number of carbonyl (C=O) groups is 1. The molecule has 0 spiro atoms. The summed E-state index contributed by atoms with van der Waals surface area (Å²) in [7, 11) is 0. The number of rotatable bonds is 58. The summed E-state index contributed by atoms with van der Waals surface area (Å²) >= 11 is 0. The van der Waals surface area contributed by atoms with Crippen LogP contribution in [0.25, 0.3) is 0 Å². The SMILES string of the molecule is CCCCCCCCCCC/C=C\CCCCCCCCC(O)C(=O)NC(COC1OC(CO)C(O)C(O)C1O)C(O)C(O)CCCCCCCCCCCCCCCCCCCCCCCCCCCCCCCC. The van der Waals surface area contributed by atoms with Crippen LogP contribution in [0.1, 0.15) is 328 Å². The number of hydrogen-bond acceptors (Lipinski definition) is 10. The summed E-state index contributed by atoms with van der Waals surface area (Å²) in [5, 5.41) is 76.4. The van der Waals surface area contributed by atoms with Gasteiger partial charge in [0.15, 0.2) is 6.29 Å². The van der Waals surface area contributed by atoms with Crippen molar-refractivity contribution in [2.24, 2.45) is 0 Å². The van der Waals surface area contributed by atoms with Crippen molar-refractivity contribution in [1.82, 2.24) is 5.32 Å². The van der Waals surface area contributed by atoms with Crippen LogP contribution in [-0.4, -0.2) is 110 Å². The molecule has 0 saturated carbocycles. The maximum Gasteiger partial charge on any atom is 0.249 e. The van der Waals surface area contributed by atoms with Gasteiger partial charge in [0.25, 0.3) is 0 Å². The third-order valence-electron chi connectivity index (χ3n) is 16.3. The first kappa shape index (κ1) is 72.9. The average molecular weight is 1080 g/mol. The first-order valence-electron chi connectivity index (χ1n) is 33.1. The number of unbranched alkanes of at least 4 members (excludes halogenated alkanes) is 44. The van der Waals surface area contributed by atoms with Gasteiger partial charge in [-0.25, -0.2) is 0 Å². The van der Waals surface area contributed by atoms with E-state index < -0.39 is 74.2 Å². The van der Waals surface area contributed by atoms with E-state index in [1.54, 1.807) is 0 Å². The van der Waals surface area contributed by atoms with Crippen molar-refractivity contribution in [1.29, 1.82) is 0 Å². The Morgan fingerprint density at radius 1 is 0.447 bits per heavy atom. The number of hydrogen-bond donors (Lipinski definition) is 8. The minimum absolute atomic E-state index is 0.256. The number of aliphatic hydroxyl groups excluding tert-OH is 7. The predicted octanol–water partition coefficient (Wildman–Crippen LogP) is 15.1. The zero-order valence-corrected chi connectivity index (χ0v) is 49.8. The molecule has 0 aromatic rings. The van der Waals surface area contributed by atoms with E-state index in [0.717, 1.165) is 51.4 Å². The molecular formula is C65H127NO10. The van der Waals surface area contributed by atoms with E-state index in [9.17, 15) is 40.5 Å². The van der Waals surface area contributed by atoms with Gasteiger partial charge >= 0.3 is 0 Å². The summed E-state index contributed by atoms with van der Waals surface area (Å²) in [5.74, 6) is -0.696. The van der Waals surface area contributed by atoms with Gasteiger partial charge in [-0.15, -0.1) is 0 Å². The smallest absolute Gasteiger partial charge is 0.249 e. The van der Waals surface area contributed by atoms with Crippen molar-refractivity contribution >= 4 is 5.91 Å². The van der Waals surface area contributed by atoms with Crippen molar-refractivity contribution in [3.05, 3.63) is 12.2 Å². The fraction of sp³-hybridized carbons (Fsp3) is 0.954. The quantitative estimate of drug-likeness (QED) is 0.0215. The van der Waals surface area contributed by atoms with Crippen LogP contribution in [0.2, 0.25) is 0 Å². The largest absolute Gasteiger partial charge is 0.394 e. The fourth-order valence-electron chi connectivity index (χ4n) is 11.0. The lowest BCUT2D eigenvalue weighted by Crippen LogP contribution is -2.60. The van der Waals surface area contributed by atoms with Crippen molar-refractivity contribution in [3.63, 3.8) is 0 Å². The molecule has 0 aromatic heterocycles. The van der Waals surface area contributed by atoms with E-state index in [4.69, 9.17) is 9.47 Å². The molecule has 0 aromatic carbocycles. The first-order chi connectivity index (χ1) is 37.2. The zero-order chi connectivity index (χ0) is 55.4. The highest BCUT2D eigenvalue weighted by Gasteiger charge is 2.44. The van der Waals surface area contributed by atoms with E-state index in [1.165, 1.54) is 238 Å². The molecule has 11 nitrogen and oxygen atoms in total. The number of aliphatic hydroxyl groups is 7. The van der Waals surface area contributed by atoms with Crippen LogP contribution in [0.15, 0.2) is 12.2 Å². The van der Waals surface area contributed by atoms with Gasteiger partial charge in [0, 0.05) is 0 Å². The molecule has 11 heteroatoms. The lowest BCUT2D eigenvalue weighted by molar-refractivity contribution is -0.303. The van der Waals surface area contributed by atoms with Gasteiger partial charge in [0.1, 0.15) is 36.6 Å². The summed E-state index contributed by atoms with van der Waals surface area (Å²) in [4.78, 5) is 13.2. The van der Waals surface area contributed by atoms with Gasteiger partial charge in [-0.3, -0.25) is 4.79 Å². The Balaban J connectivity index is 2.21. The molecule has 0 bridgehead atoms. The lowest BCUT2D eigenvalue weighted by Gasteiger charge is -2.40. The standard InChI is InChI=1S/C65H127NO10/c1-3-5-7-9-11-13-15-17-19-21-23-24-25-26-27-28-29-30-31-32-33-35-36-38-40-42-44-46-48-50-52-57(68)60(70)56(55-75-65-63(73)62(72)61(71)59(54-67)76-65)66-64(74)58(69)53-51-49-47-45-43-41-39-37-34-22-20-18-16-14-12-10-8-6-4-2/h34,37,56-63,65,67-73H,3-33,35-36,38-55H2,1-2H3,(H,66,74)/b37-34-. The van der Waals surface area contributed by atoms with Crippen molar-refractivity contribution < 1.29 is 50.0 Å². The minimum atomic E-state index is -1.66. The Kier molecular flexibility index (Phi) is 52.2. The summed E-state index contributed by atoms with van der Waals surface area (Å²) in [6.07, 6.45) is 54.3. The van der Waals surface area contributed by atoms with Gasteiger partial charge < -0.3 is 50.5 Å². The average Bonchev–Trinajstić information content (AvgIpc) is 3.42. The molecule has 1 saturated heterocycles. The van der Waals surface area contributed by atoms with Gasteiger partial charge in [-0.05, 0) is 38.5 Å².